The van der Waals surface area contributed by atoms with Gasteiger partial charge in [-0.3, -0.25) is 19.3 Å². The van der Waals surface area contributed by atoms with Crippen molar-refractivity contribution in [1.29, 1.82) is 0 Å². The van der Waals surface area contributed by atoms with Gasteiger partial charge in [0.1, 0.15) is 17.6 Å². The number of hydrogen-bond donors (Lipinski definition) is 1. The number of nitrogens with zero attached hydrogens (tertiary/aromatic N) is 4. The number of nitrogens with one attached hydrogen (secondary N) is 1. The molecule has 4 rings (SSSR count). The first-order valence-corrected chi connectivity index (χ1v) is 9.52. The lowest BCUT2D eigenvalue weighted by atomic mass is 9.77. The highest BCUT2D eigenvalue weighted by atomic mass is 16.5. The Balaban J connectivity index is 1.40. The number of amides is 3. The number of carbonyl (C=O) groups is 3. The Labute approximate surface area is 165 Å². The van der Waals surface area contributed by atoms with Gasteiger partial charge < -0.3 is 10.1 Å². The van der Waals surface area contributed by atoms with Crippen molar-refractivity contribution in [2.24, 2.45) is 5.92 Å². The summed E-state index contributed by atoms with van der Waals surface area (Å²) in [6.45, 7) is 1.14. The van der Waals surface area contributed by atoms with Crippen molar-refractivity contribution < 1.29 is 19.1 Å². The predicted octanol–water partition coefficient (Wildman–Crippen LogP) is 0.793. The highest BCUT2D eigenvalue weighted by molar-refractivity contribution is 6.08. The summed E-state index contributed by atoms with van der Waals surface area (Å²) in [6, 6.07) is 6.09. The number of urea groups is 1. The summed E-state index contributed by atoms with van der Waals surface area (Å²) in [5.74, 6) is -0.698. The Bertz CT molecular complexity index is 1040. The summed E-state index contributed by atoms with van der Waals surface area (Å²) < 4.78 is 5.97. The molecule has 0 atom stereocenters. The zero-order valence-electron chi connectivity index (χ0n) is 16.0. The fourth-order valence-corrected chi connectivity index (χ4v) is 3.83. The maximum absolute atomic E-state index is 12.8. The van der Waals surface area contributed by atoms with Crippen LogP contribution >= 0.6 is 0 Å². The number of rotatable bonds is 4. The summed E-state index contributed by atoms with van der Waals surface area (Å²) in [6.07, 6.45) is 2.81. The van der Waals surface area contributed by atoms with Gasteiger partial charge in [0, 0.05) is 0 Å². The van der Waals surface area contributed by atoms with E-state index in [-0.39, 0.29) is 0 Å². The zero-order valence-corrected chi connectivity index (χ0v) is 16.0. The van der Waals surface area contributed by atoms with Crippen LogP contribution in [0.5, 0.6) is 0 Å². The Morgan fingerprint density at radius 3 is 2.72 bits per heavy atom. The Morgan fingerprint density at radius 1 is 1.24 bits per heavy atom. The van der Waals surface area contributed by atoms with Crippen LogP contribution in [0, 0.1) is 5.92 Å². The Kier molecular flexibility index (Phi) is 4.77. The molecule has 0 unspecified atom stereocenters. The van der Waals surface area contributed by atoms with Gasteiger partial charge in [-0.05, 0) is 43.7 Å². The third-order valence-corrected chi connectivity index (χ3v) is 5.64. The molecule has 152 valence electrons. The van der Waals surface area contributed by atoms with E-state index in [2.05, 4.69) is 22.6 Å². The van der Waals surface area contributed by atoms with E-state index in [9.17, 15) is 19.2 Å². The van der Waals surface area contributed by atoms with Crippen molar-refractivity contribution in [3.05, 3.63) is 34.6 Å². The molecule has 1 aromatic heterocycles. The van der Waals surface area contributed by atoms with Crippen molar-refractivity contribution in [3.63, 3.8) is 0 Å². The molecule has 29 heavy (non-hydrogen) atoms. The van der Waals surface area contributed by atoms with E-state index in [1.165, 1.54) is 0 Å². The van der Waals surface area contributed by atoms with Crippen LogP contribution in [0.25, 0.3) is 10.9 Å². The first-order chi connectivity index (χ1) is 13.9. The Hall–Kier alpha value is -3.30. The molecule has 1 N–H and O–H groups in total. The van der Waals surface area contributed by atoms with Crippen LogP contribution in [0.1, 0.15) is 32.6 Å². The van der Waals surface area contributed by atoms with Crippen LogP contribution in [0.2, 0.25) is 0 Å². The molecular formula is C19H21N5O5. The van der Waals surface area contributed by atoms with Gasteiger partial charge in [-0.15, -0.1) is 5.10 Å². The van der Waals surface area contributed by atoms with Gasteiger partial charge in [0.2, 0.25) is 0 Å². The quantitative estimate of drug-likeness (QED) is 0.595. The summed E-state index contributed by atoms with van der Waals surface area (Å²) in [4.78, 5) is 50.5. The van der Waals surface area contributed by atoms with Crippen molar-refractivity contribution in [2.45, 2.75) is 44.9 Å². The van der Waals surface area contributed by atoms with Gasteiger partial charge in [-0.2, -0.15) is 4.68 Å². The first-order valence-electron chi connectivity index (χ1n) is 9.52. The molecule has 2 fully saturated rings. The molecule has 2 heterocycles. The third kappa shape index (κ3) is 3.45. The van der Waals surface area contributed by atoms with Gasteiger partial charge in [-0.25, -0.2) is 4.79 Å². The normalized spacial score (nSPS) is 24.2. The number of imide groups is 1. The van der Waals surface area contributed by atoms with E-state index in [4.69, 9.17) is 4.74 Å². The second-order valence-electron chi connectivity index (χ2n) is 7.64. The van der Waals surface area contributed by atoms with E-state index >= 15 is 0 Å². The van der Waals surface area contributed by atoms with E-state index in [0.717, 1.165) is 22.4 Å². The number of carbonyl (C=O) groups excluding carboxylic acids is 3. The van der Waals surface area contributed by atoms with Crippen molar-refractivity contribution in [3.8, 4) is 0 Å². The van der Waals surface area contributed by atoms with Crippen LogP contribution in [-0.2, 0) is 21.1 Å². The van der Waals surface area contributed by atoms with Crippen LogP contribution in [-0.4, -0.2) is 49.9 Å². The van der Waals surface area contributed by atoms with E-state index in [1.807, 2.05) is 0 Å². The molecular weight excluding hydrogens is 378 g/mol. The largest absolute Gasteiger partial charge is 0.441 e. The average Bonchev–Trinajstić information content (AvgIpc) is 2.94. The molecule has 2 aliphatic rings. The number of ether oxygens (including phenoxy) is 1. The molecule has 10 heteroatoms. The number of benzene rings is 1. The van der Waals surface area contributed by atoms with E-state index in [1.54, 1.807) is 24.3 Å². The molecule has 0 bridgehead atoms. The third-order valence-electron chi connectivity index (χ3n) is 5.64. The van der Waals surface area contributed by atoms with Crippen molar-refractivity contribution >= 4 is 28.8 Å². The van der Waals surface area contributed by atoms with Crippen molar-refractivity contribution in [2.75, 3.05) is 6.54 Å². The molecule has 1 saturated heterocycles. The van der Waals surface area contributed by atoms with Gasteiger partial charge in [0.05, 0.1) is 5.39 Å². The monoisotopic (exact) mass is 399 g/mol. The number of aromatic nitrogens is 3. The number of esters is 1. The SMILES string of the molecule is CC1CCC2(CC1)NC(=O)N(CC(=O)OCn1nnc3ccccc3c1=O)C2=O. The maximum Gasteiger partial charge on any atom is 0.328 e. The molecule has 1 spiro atoms. The second kappa shape index (κ2) is 7.26. The molecule has 10 nitrogen and oxygen atoms in total. The fourth-order valence-electron chi connectivity index (χ4n) is 3.83. The molecule has 1 saturated carbocycles. The van der Waals surface area contributed by atoms with Gasteiger partial charge in [0.25, 0.3) is 11.5 Å². The topological polar surface area (TPSA) is 123 Å². The van der Waals surface area contributed by atoms with Crippen LogP contribution in [0.15, 0.2) is 29.1 Å². The summed E-state index contributed by atoms with van der Waals surface area (Å²) in [5.41, 5.74) is -0.926. The predicted molar refractivity (Wildman–Crippen MR) is 100 cm³/mol. The smallest absolute Gasteiger partial charge is 0.328 e. The van der Waals surface area contributed by atoms with E-state index in [0.29, 0.717) is 29.7 Å². The molecule has 1 aromatic carbocycles. The minimum atomic E-state index is -0.912. The van der Waals surface area contributed by atoms with Crippen LogP contribution < -0.4 is 10.9 Å². The lowest BCUT2D eigenvalue weighted by Crippen LogP contribution is -2.49. The standard InChI is InChI=1S/C19H21N5O5/c1-12-6-8-19(9-7-12)17(27)23(18(28)20-19)10-15(25)29-11-24-16(26)13-4-2-3-5-14(13)21-22-24/h2-5,12H,6-11H2,1H3,(H,20,28). The highest BCUT2D eigenvalue weighted by Gasteiger charge is 2.52. The fraction of sp³-hybridized carbons (Fsp3) is 0.474. The minimum absolute atomic E-state index is 0.348. The van der Waals surface area contributed by atoms with Gasteiger partial charge in [-0.1, -0.05) is 24.3 Å². The summed E-state index contributed by atoms with van der Waals surface area (Å²) in [7, 11) is 0. The van der Waals surface area contributed by atoms with E-state index < -0.39 is 42.3 Å². The highest BCUT2D eigenvalue weighted by Crippen LogP contribution is 2.36. The Morgan fingerprint density at radius 2 is 1.97 bits per heavy atom. The second-order valence-corrected chi connectivity index (χ2v) is 7.64. The first kappa shape index (κ1) is 19.0. The maximum atomic E-state index is 12.8. The average molecular weight is 399 g/mol. The van der Waals surface area contributed by atoms with Crippen LogP contribution in [0.3, 0.4) is 0 Å². The lowest BCUT2D eigenvalue weighted by molar-refractivity contribution is -0.151. The molecule has 3 amide bonds. The molecule has 1 aliphatic carbocycles. The molecule has 1 aliphatic heterocycles. The summed E-state index contributed by atoms with van der Waals surface area (Å²) >= 11 is 0. The zero-order chi connectivity index (χ0) is 20.6. The molecule has 0 radical (unpaired) electrons. The lowest BCUT2D eigenvalue weighted by Gasteiger charge is -2.33. The number of hydrogen-bond acceptors (Lipinski definition) is 7. The molecule has 2 aromatic rings. The summed E-state index contributed by atoms with van der Waals surface area (Å²) in [5, 5.41) is 10.7. The van der Waals surface area contributed by atoms with Crippen molar-refractivity contribution in [1.82, 2.24) is 25.2 Å². The minimum Gasteiger partial charge on any atom is -0.441 e. The number of fused-ring (bicyclic) bond motifs is 1. The van der Waals surface area contributed by atoms with Gasteiger partial charge in [0.15, 0.2) is 6.73 Å². The van der Waals surface area contributed by atoms with Gasteiger partial charge >= 0.3 is 12.0 Å². The van der Waals surface area contributed by atoms with Crippen LogP contribution in [0.4, 0.5) is 4.79 Å².